The van der Waals surface area contributed by atoms with Crippen LogP contribution in [-0.4, -0.2) is 30.6 Å². The number of sulfonamides is 1. The molecular formula is C16H15NO6S. The lowest BCUT2D eigenvalue weighted by atomic mass is 10.1. The largest absolute Gasteiger partial charge is 0.478 e. The van der Waals surface area contributed by atoms with Crippen LogP contribution in [0.3, 0.4) is 0 Å². The van der Waals surface area contributed by atoms with Crippen LogP contribution >= 0.6 is 0 Å². The molecule has 126 valence electrons. The summed E-state index contributed by atoms with van der Waals surface area (Å²) in [6, 6.07) is 7.80. The fourth-order valence-corrected chi connectivity index (χ4v) is 3.54. The molecule has 8 heteroatoms. The molecule has 7 nitrogen and oxygen atoms in total. The lowest BCUT2D eigenvalue weighted by molar-refractivity contribution is 0.0685. The molecule has 0 aliphatic carbocycles. The number of rotatable bonds is 5. The van der Waals surface area contributed by atoms with Crippen LogP contribution < -0.4 is 4.72 Å². The number of aromatic carboxylic acids is 2. The van der Waals surface area contributed by atoms with Gasteiger partial charge in [0.15, 0.2) is 0 Å². The summed E-state index contributed by atoms with van der Waals surface area (Å²) >= 11 is 0. The molecule has 0 aliphatic rings. The van der Waals surface area contributed by atoms with Gasteiger partial charge in [-0.15, -0.1) is 0 Å². The number of benzene rings is 2. The van der Waals surface area contributed by atoms with E-state index in [9.17, 15) is 18.0 Å². The summed E-state index contributed by atoms with van der Waals surface area (Å²) in [6.07, 6.45) is 0. The molecule has 0 spiro atoms. The van der Waals surface area contributed by atoms with Crippen LogP contribution in [0, 0.1) is 13.8 Å². The fraction of sp³-hybridized carbons (Fsp3) is 0.125. The quantitative estimate of drug-likeness (QED) is 0.762. The van der Waals surface area contributed by atoms with Crippen LogP contribution in [0.4, 0.5) is 5.69 Å². The van der Waals surface area contributed by atoms with Crippen molar-refractivity contribution in [1.82, 2.24) is 0 Å². The second kappa shape index (κ2) is 6.32. The van der Waals surface area contributed by atoms with E-state index >= 15 is 0 Å². The van der Waals surface area contributed by atoms with Gasteiger partial charge in [-0.1, -0.05) is 0 Å². The standard InChI is InChI=1S/C16H15NO6S/c1-9-8-12(4-5-13(9)16(20)21)17-24(22,23)14-6-3-11(15(18)19)7-10(14)2/h3-8,17H,1-2H3,(H,18,19)(H,20,21). The van der Waals surface area contributed by atoms with E-state index in [1.165, 1.54) is 43.3 Å². The van der Waals surface area contributed by atoms with Crippen molar-refractivity contribution >= 4 is 27.6 Å². The second-order valence-corrected chi connectivity index (χ2v) is 6.88. The molecule has 0 unspecified atom stereocenters. The first-order valence-corrected chi connectivity index (χ1v) is 8.31. The van der Waals surface area contributed by atoms with E-state index in [1.54, 1.807) is 6.92 Å². The summed E-state index contributed by atoms with van der Waals surface area (Å²) in [5.74, 6) is -2.24. The third kappa shape index (κ3) is 3.54. The number of carboxylic acids is 2. The Hall–Kier alpha value is -2.87. The average molecular weight is 349 g/mol. The van der Waals surface area contributed by atoms with Crippen LogP contribution in [0.5, 0.6) is 0 Å². The van der Waals surface area contributed by atoms with Gasteiger partial charge < -0.3 is 10.2 Å². The van der Waals surface area contributed by atoms with Gasteiger partial charge in [0.05, 0.1) is 16.0 Å². The summed E-state index contributed by atoms with van der Waals surface area (Å²) in [7, 11) is -3.93. The van der Waals surface area contributed by atoms with Gasteiger partial charge >= 0.3 is 11.9 Å². The average Bonchev–Trinajstić information content (AvgIpc) is 2.45. The summed E-state index contributed by atoms with van der Waals surface area (Å²) in [5.41, 5.74) is 1.01. The monoisotopic (exact) mass is 349 g/mol. The predicted octanol–water partition coefficient (Wildman–Crippen LogP) is 2.50. The lowest BCUT2D eigenvalue weighted by Crippen LogP contribution is -2.15. The number of carbonyl (C=O) groups is 2. The summed E-state index contributed by atoms with van der Waals surface area (Å²) in [4.78, 5) is 21.9. The number of carboxylic acid groups (broad SMARTS) is 2. The van der Waals surface area contributed by atoms with E-state index in [4.69, 9.17) is 10.2 Å². The predicted molar refractivity (Wildman–Crippen MR) is 87.1 cm³/mol. The molecule has 2 aromatic rings. The number of hydrogen-bond donors (Lipinski definition) is 3. The molecule has 0 heterocycles. The zero-order valence-corrected chi connectivity index (χ0v) is 13.7. The summed E-state index contributed by atoms with van der Waals surface area (Å²) < 4.78 is 27.3. The Balaban J connectivity index is 2.37. The molecule has 0 aliphatic heterocycles. The van der Waals surface area contributed by atoms with E-state index in [1.807, 2.05) is 0 Å². The number of anilines is 1. The molecule has 0 atom stereocenters. The molecule has 0 fully saturated rings. The minimum absolute atomic E-state index is 0.00638. The maximum atomic E-state index is 12.5. The first-order chi connectivity index (χ1) is 11.1. The highest BCUT2D eigenvalue weighted by atomic mass is 32.2. The van der Waals surface area contributed by atoms with E-state index in [0.29, 0.717) is 11.1 Å². The van der Waals surface area contributed by atoms with Gasteiger partial charge in [0.25, 0.3) is 10.0 Å². The topological polar surface area (TPSA) is 121 Å². The molecule has 2 rings (SSSR count). The highest BCUT2D eigenvalue weighted by Gasteiger charge is 2.19. The maximum Gasteiger partial charge on any atom is 0.335 e. The van der Waals surface area contributed by atoms with Gasteiger partial charge in [0.1, 0.15) is 0 Å². The van der Waals surface area contributed by atoms with Crippen LogP contribution in [-0.2, 0) is 10.0 Å². The Morgan fingerprint density at radius 3 is 2.08 bits per heavy atom. The van der Waals surface area contributed by atoms with Gasteiger partial charge in [-0.3, -0.25) is 4.72 Å². The van der Waals surface area contributed by atoms with Gasteiger partial charge in [0, 0.05) is 5.69 Å². The lowest BCUT2D eigenvalue weighted by Gasteiger charge is -2.12. The van der Waals surface area contributed by atoms with Crippen molar-refractivity contribution in [2.75, 3.05) is 4.72 Å². The maximum absolute atomic E-state index is 12.5. The Bertz CT molecular complexity index is 934. The van der Waals surface area contributed by atoms with Crippen LogP contribution in [0.1, 0.15) is 31.8 Å². The Morgan fingerprint density at radius 1 is 0.917 bits per heavy atom. The molecular weight excluding hydrogens is 334 g/mol. The van der Waals surface area contributed by atoms with Crippen LogP contribution in [0.15, 0.2) is 41.3 Å². The minimum atomic E-state index is -3.93. The van der Waals surface area contributed by atoms with Crippen LogP contribution in [0.2, 0.25) is 0 Å². The van der Waals surface area contributed by atoms with Gasteiger partial charge in [-0.25, -0.2) is 18.0 Å². The molecule has 3 N–H and O–H groups in total. The Kier molecular flexibility index (Phi) is 4.61. The highest BCUT2D eigenvalue weighted by molar-refractivity contribution is 7.92. The molecule has 0 radical (unpaired) electrons. The first-order valence-electron chi connectivity index (χ1n) is 6.82. The number of hydrogen-bond acceptors (Lipinski definition) is 4. The van der Waals surface area contributed by atoms with E-state index in [0.717, 1.165) is 0 Å². The number of nitrogens with one attached hydrogen (secondary N) is 1. The summed E-state index contributed by atoms with van der Waals surface area (Å²) in [5, 5.41) is 17.9. The van der Waals surface area contributed by atoms with E-state index in [2.05, 4.69) is 4.72 Å². The van der Waals surface area contributed by atoms with Crippen molar-refractivity contribution in [3.05, 3.63) is 58.7 Å². The second-order valence-electron chi connectivity index (χ2n) is 5.23. The zero-order valence-electron chi connectivity index (χ0n) is 12.9. The van der Waals surface area contributed by atoms with Crippen molar-refractivity contribution in [2.45, 2.75) is 18.7 Å². The third-order valence-electron chi connectivity index (χ3n) is 3.42. The minimum Gasteiger partial charge on any atom is -0.478 e. The SMILES string of the molecule is Cc1cc(NS(=O)(=O)c2ccc(C(=O)O)cc2C)ccc1C(=O)O. The van der Waals surface area contributed by atoms with Crippen molar-refractivity contribution < 1.29 is 28.2 Å². The van der Waals surface area contributed by atoms with E-state index < -0.39 is 22.0 Å². The number of aryl methyl sites for hydroxylation is 2. The molecule has 0 bridgehead atoms. The van der Waals surface area contributed by atoms with E-state index in [-0.39, 0.29) is 21.7 Å². The van der Waals surface area contributed by atoms with Gasteiger partial charge in [-0.05, 0) is 61.4 Å². The van der Waals surface area contributed by atoms with Crippen molar-refractivity contribution in [1.29, 1.82) is 0 Å². The smallest absolute Gasteiger partial charge is 0.335 e. The summed E-state index contributed by atoms with van der Waals surface area (Å²) in [6.45, 7) is 3.06. The van der Waals surface area contributed by atoms with Crippen molar-refractivity contribution in [3.63, 3.8) is 0 Å². The van der Waals surface area contributed by atoms with Crippen LogP contribution in [0.25, 0.3) is 0 Å². The molecule has 0 saturated carbocycles. The Morgan fingerprint density at radius 2 is 1.58 bits per heavy atom. The zero-order chi connectivity index (χ0) is 18.1. The first kappa shape index (κ1) is 17.5. The Labute approximate surface area is 138 Å². The molecule has 0 saturated heterocycles. The van der Waals surface area contributed by atoms with Gasteiger partial charge in [-0.2, -0.15) is 0 Å². The van der Waals surface area contributed by atoms with Gasteiger partial charge in [0.2, 0.25) is 0 Å². The molecule has 2 aromatic carbocycles. The third-order valence-corrected chi connectivity index (χ3v) is 4.96. The fourth-order valence-electron chi connectivity index (χ4n) is 2.26. The normalized spacial score (nSPS) is 11.1. The molecule has 24 heavy (non-hydrogen) atoms. The van der Waals surface area contributed by atoms with Crippen molar-refractivity contribution in [2.24, 2.45) is 0 Å². The molecule has 0 aromatic heterocycles. The van der Waals surface area contributed by atoms with Crippen molar-refractivity contribution in [3.8, 4) is 0 Å². The molecule has 0 amide bonds. The highest BCUT2D eigenvalue weighted by Crippen LogP contribution is 2.22.